The fourth-order valence-corrected chi connectivity index (χ4v) is 1.99. The molecule has 104 valence electrons. The number of nitrogens with one attached hydrogen (secondary N) is 1. The topological polar surface area (TPSA) is 101 Å². The fraction of sp³-hybridized carbons (Fsp3) is 0. The molecule has 3 aromatic rings. The van der Waals surface area contributed by atoms with Crippen molar-refractivity contribution in [3.05, 3.63) is 54.1 Å². The lowest BCUT2D eigenvalue weighted by Crippen LogP contribution is -2.21. The van der Waals surface area contributed by atoms with E-state index in [1.807, 2.05) is 24.3 Å². The van der Waals surface area contributed by atoms with Gasteiger partial charge in [-0.25, -0.2) is 0 Å². The Morgan fingerprint density at radius 1 is 1.05 bits per heavy atom. The maximum Gasteiger partial charge on any atom is 0.218 e. The van der Waals surface area contributed by atoms with Gasteiger partial charge in [0.05, 0.1) is 17.2 Å². The van der Waals surface area contributed by atoms with Crippen molar-refractivity contribution in [1.82, 2.24) is 4.98 Å². The quantitative estimate of drug-likeness (QED) is 0.721. The zero-order valence-corrected chi connectivity index (χ0v) is 10.8. The van der Waals surface area contributed by atoms with Gasteiger partial charge in [0.2, 0.25) is 5.88 Å². The van der Waals surface area contributed by atoms with Crippen molar-refractivity contribution in [2.45, 2.75) is 0 Å². The molecule has 21 heavy (non-hydrogen) atoms. The second kappa shape index (κ2) is 5.09. The number of carbonyl (C=O) groups excluding carboxylic acids is 1. The Kier molecular flexibility index (Phi) is 3.12. The number of rotatable bonds is 3. The zero-order valence-electron chi connectivity index (χ0n) is 10.8. The maximum absolute atomic E-state index is 10.6. The molecule has 0 aliphatic carbocycles. The molecule has 0 aliphatic rings. The van der Waals surface area contributed by atoms with Gasteiger partial charge in [-0.1, -0.05) is 30.3 Å². The summed E-state index contributed by atoms with van der Waals surface area (Å²) in [6.07, 6.45) is 0. The van der Waals surface area contributed by atoms with Gasteiger partial charge in [-0.3, -0.25) is 0 Å². The van der Waals surface area contributed by atoms with Crippen LogP contribution in [0.3, 0.4) is 0 Å². The first-order valence-corrected chi connectivity index (χ1v) is 6.18. The van der Waals surface area contributed by atoms with Gasteiger partial charge in [0.25, 0.3) is 0 Å². The summed E-state index contributed by atoms with van der Waals surface area (Å²) in [4.78, 5) is 13.4. The van der Waals surface area contributed by atoms with Crippen molar-refractivity contribution in [3.63, 3.8) is 0 Å². The molecule has 0 amide bonds. The Morgan fingerprint density at radius 3 is 2.48 bits per heavy atom. The van der Waals surface area contributed by atoms with Crippen LogP contribution >= 0.6 is 0 Å². The van der Waals surface area contributed by atoms with E-state index in [0.717, 1.165) is 10.9 Å². The Balaban J connectivity index is 1.94. The highest BCUT2D eigenvalue weighted by atomic mass is 16.4. The number of hydrogen-bond donors (Lipinski definition) is 2. The third kappa shape index (κ3) is 2.46. The number of benzene rings is 2. The van der Waals surface area contributed by atoms with E-state index < -0.39 is 5.97 Å². The molecule has 3 rings (SSSR count). The number of hydrogen-bond acceptors (Lipinski definition) is 5. The summed E-state index contributed by atoms with van der Waals surface area (Å²) in [7, 11) is 0. The minimum atomic E-state index is -1.24. The minimum absolute atomic E-state index is 0.0636. The van der Waals surface area contributed by atoms with Crippen molar-refractivity contribution in [2.24, 2.45) is 10.2 Å². The molecule has 0 unspecified atom stereocenters. The second-order valence-corrected chi connectivity index (χ2v) is 4.40. The van der Waals surface area contributed by atoms with Crippen molar-refractivity contribution in [3.8, 4) is 5.88 Å². The van der Waals surface area contributed by atoms with E-state index in [-0.39, 0.29) is 11.4 Å². The van der Waals surface area contributed by atoms with E-state index >= 15 is 0 Å². The van der Waals surface area contributed by atoms with Crippen LogP contribution in [0.5, 0.6) is 5.88 Å². The molecule has 1 heterocycles. The number of carbonyl (C=O) groups is 1. The van der Waals surface area contributed by atoms with Crippen molar-refractivity contribution < 1.29 is 15.0 Å². The number of aromatic amines is 1. The first-order valence-electron chi connectivity index (χ1n) is 6.18. The first kappa shape index (κ1) is 12.9. The third-order valence-electron chi connectivity index (χ3n) is 3.03. The SMILES string of the molecule is O=C([O-])c1ccc(N=Nc2c(O)[nH]c3ccccc23)cc1. The summed E-state index contributed by atoms with van der Waals surface area (Å²) in [5.74, 6) is -1.31. The van der Waals surface area contributed by atoms with Crippen LogP contribution in [-0.2, 0) is 0 Å². The number of H-pyrrole nitrogens is 1. The summed E-state index contributed by atoms with van der Waals surface area (Å²) in [6.45, 7) is 0. The van der Waals surface area contributed by atoms with Crippen LogP contribution in [0.25, 0.3) is 10.9 Å². The molecule has 0 radical (unpaired) electrons. The number of fused-ring (bicyclic) bond motifs is 1. The number of nitrogens with zero attached hydrogens (tertiary/aromatic N) is 2. The van der Waals surface area contributed by atoms with Gasteiger partial charge >= 0.3 is 0 Å². The standard InChI is InChI=1S/C15H11N3O3/c19-14-13(11-3-1-2-4-12(11)16-14)18-17-10-7-5-9(6-8-10)15(20)21/h1-8,16,19H,(H,20,21)/p-1. The Morgan fingerprint density at radius 2 is 1.76 bits per heavy atom. The van der Waals surface area contributed by atoms with Gasteiger partial charge in [-0.05, 0) is 23.8 Å². The molecule has 0 saturated heterocycles. The predicted octanol–water partition coefficient (Wildman–Crippen LogP) is 2.65. The highest BCUT2D eigenvalue weighted by Crippen LogP contribution is 2.35. The van der Waals surface area contributed by atoms with Gasteiger partial charge in [0, 0.05) is 5.39 Å². The molecule has 0 saturated carbocycles. The summed E-state index contributed by atoms with van der Waals surface area (Å²) >= 11 is 0. The molecule has 6 nitrogen and oxygen atoms in total. The van der Waals surface area contributed by atoms with Gasteiger partial charge < -0.3 is 20.0 Å². The highest BCUT2D eigenvalue weighted by molar-refractivity contribution is 5.94. The molecule has 0 atom stereocenters. The van der Waals surface area contributed by atoms with Crippen LogP contribution in [0.1, 0.15) is 10.4 Å². The van der Waals surface area contributed by atoms with E-state index in [4.69, 9.17) is 0 Å². The van der Waals surface area contributed by atoms with Crippen LogP contribution in [-0.4, -0.2) is 16.1 Å². The van der Waals surface area contributed by atoms with Crippen LogP contribution in [0.2, 0.25) is 0 Å². The molecule has 2 N–H and O–H groups in total. The average Bonchev–Trinajstić information content (AvgIpc) is 2.81. The second-order valence-electron chi connectivity index (χ2n) is 4.40. The molecular weight excluding hydrogens is 270 g/mol. The monoisotopic (exact) mass is 280 g/mol. The Hall–Kier alpha value is -3.15. The zero-order chi connectivity index (χ0) is 14.8. The number of aromatic hydroxyl groups is 1. The molecule has 0 aliphatic heterocycles. The lowest BCUT2D eigenvalue weighted by atomic mass is 10.2. The van der Waals surface area contributed by atoms with E-state index in [0.29, 0.717) is 11.4 Å². The van der Waals surface area contributed by atoms with Crippen molar-refractivity contribution in [2.75, 3.05) is 0 Å². The van der Waals surface area contributed by atoms with E-state index in [9.17, 15) is 15.0 Å². The summed E-state index contributed by atoms with van der Waals surface area (Å²) in [6, 6.07) is 13.1. The summed E-state index contributed by atoms with van der Waals surface area (Å²) in [5, 5.41) is 29.2. The van der Waals surface area contributed by atoms with E-state index in [1.54, 1.807) is 0 Å². The van der Waals surface area contributed by atoms with Crippen LogP contribution < -0.4 is 5.11 Å². The number of carboxylic acid groups (broad SMARTS) is 1. The molecule has 1 aromatic heterocycles. The number of azo groups is 1. The number of aromatic nitrogens is 1. The predicted molar refractivity (Wildman–Crippen MR) is 74.9 cm³/mol. The maximum atomic E-state index is 10.6. The molecule has 2 aromatic carbocycles. The van der Waals surface area contributed by atoms with Gasteiger partial charge in [0.15, 0.2) is 5.69 Å². The lowest BCUT2D eigenvalue weighted by Gasteiger charge is -2.00. The molecule has 0 bridgehead atoms. The molecule has 0 fully saturated rings. The smallest absolute Gasteiger partial charge is 0.218 e. The van der Waals surface area contributed by atoms with E-state index in [2.05, 4.69) is 15.2 Å². The minimum Gasteiger partial charge on any atom is -0.545 e. The Labute approximate surface area is 119 Å². The van der Waals surface area contributed by atoms with Crippen LogP contribution in [0, 0.1) is 0 Å². The molecule has 6 heteroatoms. The highest BCUT2D eigenvalue weighted by Gasteiger charge is 2.09. The fourth-order valence-electron chi connectivity index (χ4n) is 1.99. The van der Waals surface area contributed by atoms with Crippen LogP contribution in [0.15, 0.2) is 58.8 Å². The van der Waals surface area contributed by atoms with Crippen molar-refractivity contribution in [1.29, 1.82) is 0 Å². The number of para-hydroxylation sites is 1. The summed E-state index contributed by atoms with van der Waals surface area (Å²) in [5.41, 5.74) is 1.65. The van der Waals surface area contributed by atoms with Gasteiger partial charge in [-0.15, -0.1) is 5.11 Å². The largest absolute Gasteiger partial charge is 0.545 e. The van der Waals surface area contributed by atoms with Crippen molar-refractivity contribution >= 4 is 28.2 Å². The lowest BCUT2D eigenvalue weighted by molar-refractivity contribution is -0.255. The molecule has 0 spiro atoms. The first-order chi connectivity index (χ1) is 10.1. The van der Waals surface area contributed by atoms with Crippen LogP contribution in [0.4, 0.5) is 11.4 Å². The molecular formula is C15H10N3O3-. The van der Waals surface area contributed by atoms with E-state index in [1.165, 1.54) is 24.3 Å². The number of carboxylic acids is 1. The van der Waals surface area contributed by atoms with Gasteiger partial charge in [0.1, 0.15) is 0 Å². The third-order valence-corrected chi connectivity index (χ3v) is 3.03. The Bertz CT molecular complexity index is 835. The summed E-state index contributed by atoms with van der Waals surface area (Å²) < 4.78 is 0. The average molecular weight is 280 g/mol. The number of aromatic carboxylic acids is 1. The normalized spacial score (nSPS) is 11.2. The van der Waals surface area contributed by atoms with Gasteiger partial charge in [-0.2, -0.15) is 5.11 Å².